The Balaban J connectivity index is 2.07. The van der Waals surface area contributed by atoms with E-state index in [0.29, 0.717) is 30.3 Å². The molecule has 2 aromatic rings. The van der Waals surface area contributed by atoms with Gasteiger partial charge in [0.05, 0.1) is 7.11 Å². The van der Waals surface area contributed by atoms with E-state index >= 15 is 0 Å². The maximum absolute atomic E-state index is 11.3. The summed E-state index contributed by atoms with van der Waals surface area (Å²) in [5.74, 6) is 1.31. The molecule has 0 aromatic heterocycles. The lowest BCUT2D eigenvalue weighted by Crippen LogP contribution is -2.06. The minimum absolute atomic E-state index is 0.282. The molecule has 0 N–H and O–H groups in total. The van der Waals surface area contributed by atoms with Crippen molar-refractivity contribution in [3.63, 3.8) is 0 Å². The van der Waals surface area contributed by atoms with Crippen molar-refractivity contribution in [1.82, 2.24) is 0 Å². The Labute approximate surface area is 124 Å². The van der Waals surface area contributed by atoms with E-state index in [9.17, 15) is 4.79 Å². The van der Waals surface area contributed by atoms with Gasteiger partial charge in [-0.15, -0.1) is 0 Å². The second-order valence-electron chi connectivity index (χ2n) is 4.41. The van der Waals surface area contributed by atoms with Crippen LogP contribution in [-0.2, 0) is 11.4 Å². The highest BCUT2D eigenvalue weighted by Crippen LogP contribution is 2.32. The second-order valence-corrected chi connectivity index (χ2v) is 4.41. The molecule has 0 aliphatic heterocycles. The van der Waals surface area contributed by atoms with Gasteiger partial charge in [-0.1, -0.05) is 37.3 Å². The van der Waals surface area contributed by atoms with Gasteiger partial charge in [0.2, 0.25) is 0 Å². The molecule has 0 atom stereocenters. The highest BCUT2D eigenvalue weighted by Gasteiger charge is 2.09. The smallest absolute Gasteiger partial charge is 0.310 e. The SMILES string of the molecule is CCC(=O)Oc1ccc(OCc2ccccc2)c(OC)c1. The molecule has 0 aliphatic carbocycles. The first-order valence-corrected chi connectivity index (χ1v) is 6.78. The van der Waals surface area contributed by atoms with Crippen LogP contribution in [0, 0.1) is 0 Å². The minimum Gasteiger partial charge on any atom is -0.493 e. The van der Waals surface area contributed by atoms with Crippen LogP contribution in [0.1, 0.15) is 18.9 Å². The summed E-state index contributed by atoms with van der Waals surface area (Å²) >= 11 is 0. The zero-order valence-electron chi connectivity index (χ0n) is 12.2. The first-order chi connectivity index (χ1) is 10.2. The zero-order chi connectivity index (χ0) is 15.1. The quantitative estimate of drug-likeness (QED) is 0.601. The summed E-state index contributed by atoms with van der Waals surface area (Å²) in [6, 6.07) is 14.9. The van der Waals surface area contributed by atoms with Gasteiger partial charge >= 0.3 is 5.97 Å². The lowest BCUT2D eigenvalue weighted by atomic mass is 10.2. The van der Waals surface area contributed by atoms with Gasteiger partial charge in [-0.2, -0.15) is 0 Å². The van der Waals surface area contributed by atoms with Gasteiger partial charge in [0.15, 0.2) is 11.5 Å². The lowest BCUT2D eigenvalue weighted by molar-refractivity contribution is -0.134. The largest absolute Gasteiger partial charge is 0.493 e. The summed E-state index contributed by atoms with van der Waals surface area (Å²) in [5, 5.41) is 0. The van der Waals surface area contributed by atoms with Crippen molar-refractivity contribution in [2.45, 2.75) is 20.0 Å². The molecule has 21 heavy (non-hydrogen) atoms. The predicted molar refractivity (Wildman–Crippen MR) is 79.7 cm³/mol. The number of ether oxygens (including phenoxy) is 3. The van der Waals surface area contributed by atoms with E-state index in [-0.39, 0.29) is 5.97 Å². The Hall–Kier alpha value is -2.49. The van der Waals surface area contributed by atoms with Crippen LogP contribution in [0.3, 0.4) is 0 Å². The fraction of sp³-hybridized carbons (Fsp3) is 0.235. The van der Waals surface area contributed by atoms with E-state index in [1.807, 2.05) is 30.3 Å². The van der Waals surface area contributed by atoms with Crippen molar-refractivity contribution >= 4 is 5.97 Å². The Morgan fingerprint density at radius 2 is 1.81 bits per heavy atom. The van der Waals surface area contributed by atoms with Crippen molar-refractivity contribution in [3.8, 4) is 17.2 Å². The topological polar surface area (TPSA) is 44.8 Å². The van der Waals surface area contributed by atoms with E-state index in [4.69, 9.17) is 14.2 Å². The molecule has 0 bridgehead atoms. The molecule has 0 fully saturated rings. The Bertz CT molecular complexity index is 593. The van der Waals surface area contributed by atoms with Crippen molar-refractivity contribution < 1.29 is 19.0 Å². The molecule has 110 valence electrons. The van der Waals surface area contributed by atoms with E-state index in [2.05, 4.69) is 0 Å². The lowest BCUT2D eigenvalue weighted by Gasteiger charge is -2.12. The first kappa shape index (κ1) is 14.9. The van der Waals surface area contributed by atoms with Crippen LogP contribution < -0.4 is 14.2 Å². The first-order valence-electron chi connectivity index (χ1n) is 6.78. The molecule has 4 nitrogen and oxygen atoms in total. The maximum atomic E-state index is 11.3. The van der Waals surface area contributed by atoms with Crippen molar-refractivity contribution in [2.24, 2.45) is 0 Å². The number of methoxy groups -OCH3 is 1. The van der Waals surface area contributed by atoms with Gasteiger partial charge in [-0.25, -0.2) is 0 Å². The van der Waals surface area contributed by atoms with E-state index < -0.39 is 0 Å². The van der Waals surface area contributed by atoms with E-state index in [0.717, 1.165) is 5.56 Å². The molecule has 0 spiro atoms. The molecule has 0 aliphatic rings. The molecule has 0 unspecified atom stereocenters. The fourth-order valence-corrected chi connectivity index (χ4v) is 1.77. The number of rotatable bonds is 6. The van der Waals surface area contributed by atoms with Crippen LogP contribution in [0.15, 0.2) is 48.5 Å². The third-order valence-corrected chi connectivity index (χ3v) is 2.89. The van der Waals surface area contributed by atoms with Crippen LogP contribution in [-0.4, -0.2) is 13.1 Å². The predicted octanol–water partition coefficient (Wildman–Crippen LogP) is 3.59. The summed E-state index contributed by atoms with van der Waals surface area (Å²) in [6.07, 6.45) is 0.328. The normalized spacial score (nSPS) is 10.0. The number of esters is 1. The van der Waals surface area contributed by atoms with Crippen LogP contribution in [0.4, 0.5) is 0 Å². The maximum Gasteiger partial charge on any atom is 0.310 e. The standard InChI is InChI=1S/C17H18O4/c1-3-17(18)21-14-9-10-15(16(11-14)19-2)20-12-13-7-5-4-6-8-13/h4-11H,3,12H2,1-2H3. The van der Waals surface area contributed by atoms with Crippen molar-refractivity contribution in [3.05, 3.63) is 54.1 Å². The molecule has 2 rings (SSSR count). The number of hydrogen-bond acceptors (Lipinski definition) is 4. The van der Waals surface area contributed by atoms with Crippen LogP contribution in [0.25, 0.3) is 0 Å². The highest BCUT2D eigenvalue weighted by atomic mass is 16.5. The monoisotopic (exact) mass is 286 g/mol. The van der Waals surface area contributed by atoms with E-state index in [1.54, 1.807) is 32.2 Å². The van der Waals surface area contributed by atoms with Gasteiger partial charge in [-0.3, -0.25) is 4.79 Å². The number of hydrogen-bond donors (Lipinski definition) is 0. The Morgan fingerprint density at radius 3 is 2.48 bits per heavy atom. The summed E-state index contributed by atoms with van der Waals surface area (Å²) in [5.41, 5.74) is 1.07. The number of carbonyl (C=O) groups is 1. The van der Waals surface area contributed by atoms with Crippen LogP contribution in [0.5, 0.6) is 17.2 Å². The van der Waals surface area contributed by atoms with Crippen LogP contribution >= 0.6 is 0 Å². The van der Waals surface area contributed by atoms with Gasteiger partial charge in [-0.05, 0) is 17.7 Å². The molecule has 2 aromatic carbocycles. The van der Waals surface area contributed by atoms with E-state index in [1.165, 1.54) is 0 Å². The molecule has 0 saturated carbocycles. The number of carbonyl (C=O) groups excluding carboxylic acids is 1. The van der Waals surface area contributed by atoms with Gasteiger partial charge in [0, 0.05) is 12.5 Å². The summed E-state index contributed by atoms with van der Waals surface area (Å²) in [4.78, 5) is 11.3. The van der Waals surface area contributed by atoms with Crippen molar-refractivity contribution in [1.29, 1.82) is 0 Å². The van der Waals surface area contributed by atoms with Gasteiger partial charge in [0.1, 0.15) is 12.4 Å². The van der Waals surface area contributed by atoms with Crippen LogP contribution in [0.2, 0.25) is 0 Å². The van der Waals surface area contributed by atoms with Crippen molar-refractivity contribution in [2.75, 3.05) is 7.11 Å². The highest BCUT2D eigenvalue weighted by molar-refractivity contribution is 5.72. The summed E-state index contributed by atoms with van der Waals surface area (Å²) in [6.45, 7) is 2.20. The molecule has 0 radical (unpaired) electrons. The Morgan fingerprint density at radius 1 is 1.05 bits per heavy atom. The third-order valence-electron chi connectivity index (χ3n) is 2.89. The zero-order valence-corrected chi connectivity index (χ0v) is 12.2. The minimum atomic E-state index is -0.282. The third kappa shape index (κ3) is 4.24. The van der Waals surface area contributed by atoms with Gasteiger partial charge < -0.3 is 14.2 Å². The summed E-state index contributed by atoms with van der Waals surface area (Å²) in [7, 11) is 1.55. The molecule has 0 heterocycles. The Kier molecular flexibility index (Phi) is 5.21. The van der Waals surface area contributed by atoms with Gasteiger partial charge in [0.25, 0.3) is 0 Å². The second kappa shape index (κ2) is 7.33. The summed E-state index contributed by atoms with van der Waals surface area (Å²) < 4.78 is 16.2. The molecule has 0 saturated heterocycles. The number of benzene rings is 2. The average molecular weight is 286 g/mol. The molecule has 0 amide bonds. The average Bonchev–Trinajstić information content (AvgIpc) is 2.54. The molecular formula is C17H18O4. The fourth-order valence-electron chi connectivity index (χ4n) is 1.77. The molecule has 4 heteroatoms. The molecular weight excluding hydrogens is 268 g/mol.